The van der Waals surface area contributed by atoms with Crippen LogP contribution in [0.3, 0.4) is 0 Å². The van der Waals surface area contributed by atoms with E-state index in [1.54, 1.807) is 17.5 Å². The first-order valence-electron chi connectivity index (χ1n) is 11.1. The van der Waals surface area contributed by atoms with Gasteiger partial charge in [0.2, 0.25) is 5.95 Å². The smallest absolute Gasteiger partial charge is 0.229 e. The van der Waals surface area contributed by atoms with Gasteiger partial charge in [-0.05, 0) is 73.1 Å². The molecule has 3 aromatic rings. The van der Waals surface area contributed by atoms with Crippen molar-refractivity contribution in [2.45, 2.75) is 40.5 Å². The number of halogens is 2. The highest BCUT2D eigenvalue weighted by Gasteiger charge is 2.05. The molecule has 1 aromatic carbocycles. The second kappa shape index (κ2) is 23.4. The average molecular weight is 587 g/mol. The number of aryl methyl sites for hydroxylation is 1. The highest BCUT2D eigenvalue weighted by atomic mass is 79.9. The quantitative estimate of drug-likeness (QED) is 0.263. The van der Waals surface area contributed by atoms with Gasteiger partial charge in [-0.25, -0.2) is 4.98 Å². The first-order chi connectivity index (χ1) is 17.0. The zero-order valence-corrected chi connectivity index (χ0v) is 24.3. The van der Waals surface area contributed by atoms with E-state index in [1.807, 2.05) is 46.6 Å². The second-order valence-corrected chi connectivity index (χ2v) is 8.77. The highest BCUT2D eigenvalue weighted by Crippen LogP contribution is 2.24. The number of carbonyl (C=O) groups excluding carboxylic acids is 2. The molecular weight excluding hydrogens is 550 g/mol. The van der Waals surface area contributed by atoms with Crippen LogP contribution >= 0.6 is 38.9 Å². The van der Waals surface area contributed by atoms with Crippen LogP contribution in [0.5, 0.6) is 0 Å². The standard InChI is InChI=1S/C12H15BrN4S.C9H12ClN.C2H6.2CH2O/c1-3-4-14-11-10(13)6-15-12(17-11)16-9-5-8(2)18-7-9;1-11-7-6-8-2-4-9(10)5-3-8;3*1-2/h5-7H,3-4H2,1-2H3,(H2,14,15,16,17);2-5,11H,6-7H2,1H3;1-2H3;2*1H2. The van der Waals surface area contributed by atoms with Gasteiger partial charge in [-0.1, -0.05) is 44.5 Å². The molecule has 0 aliphatic carbocycles. The van der Waals surface area contributed by atoms with E-state index in [2.05, 4.69) is 79.3 Å². The molecule has 3 N–H and O–H groups in total. The molecule has 7 nitrogen and oxygen atoms in total. The molecule has 2 heterocycles. The Morgan fingerprint density at radius 3 is 2.23 bits per heavy atom. The number of thiophene rings is 1. The minimum Gasteiger partial charge on any atom is -0.369 e. The van der Waals surface area contributed by atoms with E-state index in [4.69, 9.17) is 21.2 Å². The maximum absolute atomic E-state index is 8.00. The topological polar surface area (TPSA) is 96.0 Å². The molecule has 194 valence electrons. The molecule has 0 aliphatic heterocycles. The summed E-state index contributed by atoms with van der Waals surface area (Å²) < 4.78 is 0.878. The molecule has 0 bridgehead atoms. The number of likely N-dealkylation sites (N-methyl/N-ethyl adjacent to an activating group) is 1. The number of aromatic nitrogens is 2. The predicted octanol–water partition coefficient (Wildman–Crippen LogP) is 6.93. The van der Waals surface area contributed by atoms with Crippen molar-refractivity contribution >= 4 is 69.9 Å². The fourth-order valence-corrected chi connectivity index (χ4v) is 3.45. The van der Waals surface area contributed by atoms with Gasteiger partial charge in [0.1, 0.15) is 19.4 Å². The summed E-state index contributed by atoms with van der Waals surface area (Å²) in [5.74, 6) is 1.43. The van der Waals surface area contributed by atoms with Crippen LogP contribution in [0.1, 0.15) is 37.6 Å². The van der Waals surface area contributed by atoms with Crippen molar-refractivity contribution in [2.24, 2.45) is 0 Å². The summed E-state index contributed by atoms with van der Waals surface area (Å²) in [6.45, 7) is 14.1. The van der Waals surface area contributed by atoms with Crippen molar-refractivity contribution in [1.82, 2.24) is 15.3 Å². The third kappa shape index (κ3) is 16.1. The van der Waals surface area contributed by atoms with E-state index in [9.17, 15) is 0 Å². The van der Waals surface area contributed by atoms with Crippen LogP contribution in [0.4, 0.5) is 17.5 Å². The number of benzene rings is 1. The largest absolute Gasteiger partial charge is 0.369 e. The predicted molar refractivity (Wildman–Crippen MR) is 156 cm³/mol. The number of hydrogen-bond donors (Lipinski definition) is 3. The average Bonchev–Trinajstić information content (AvgIpc) is 3.32. The molecule has 0 radical (unpaired) electrons. The monoisotopic (exact) mass is 585 g/mol. The number of nitrogens with zero attached hydrogens (tertiary/aromatic N) is 2. The summed E-state index contributed by atoms with van der Waals surface area (Å²) >= 11 is 10.9. The highest BCUT2D eigenvalue weighted by molar-refractivity contribution is 9.10. The molecule has 0 unspecified atom stereocenters. The van der Waals surface area contributed by atoms with E-state index in [0.29, 0.717) is 5.95 Å². The van der Waals surface area contributed by atoms with Crippen molar-refractivity contribution < 1.29 is 9.59 Å². The van der Waals surface area contributed by atoms with Gasteiger partial charge >= 0.3 is 0 Å². The summed E-state index contributed by atoms with van der Waals surface area (Å²) in [4.78, 5) is 25.9. The fraction of sp³-hybridized carbons (Fsp3) is 0.360. The maximum Gasteiger partial charge on any atom is 0.229 e. The molecule has 35 heavy (non-hydrogen) atoms. The lowest BCUT2D eigenvalue weighted by Gasteiger charge is -2.08. The van der Waals surface area contributed by atoms with Gasteiger partial charge < -0.3 is 25.5 Å². The van der Waals surface area contributed by atoms with Crippen molar-refractivity contribution in [3.63, 3.8) is 0 Å². The van der Waals surface area contributed by atoms with Crippen molar-refractivity contribution in [3.8, 4) is 0 Å². The molecule has 3 rings (SSSR count). The summed E-state index contributed by atoms with van der Waals surface area (Å²) in [6.07, 6.45) is 3.88. The van der Waals surface area contributed by atoms with E-state index >= 15 is 0 Å². The Bertz CT molecular complexity index is 911. The molecule has 0 fully saturated rings. The molecule has 0 spiro atoms. The number of rotatable bonds is 8. The van der Waals surface area contributed by atoms with E-state index < -0.39 is 0 Å². The van der Waals surface area contributed by atoms with Crippen molar-refractivity contribution in [2.75, 3.05) is 30.8 Å². The molecular formula is C25H37BrClN5O2S. The second-order valence-electron chi connectivity index (χ2n) is 6.37. The molecule has 0 atom stereocenters. The van der Waals surface area contributed by atoms with Gasteiger partial charge in [0, 0.05) is 28.0 Å². The Labute approximate surface area is 227 Å². The summed E-state index contributed by atoms with van der Waals surface area (Å²) in [5, 5.41) is 12.4. The molecule has 2 aromatic heterocycles. The first-order valence-corrected chi connectivity index (χ1v) is 13.1. The molecule has 10 heteroatoms. The van der Waals surface area contributed by atoms with Crippen LogP contribution in [0.15, 0.2) is 46.4 Å². The van der Waals surface area contributed by atoms with Gasteiger partial charge in [0.05, 0.1) is 10.2 Å². The SMILES string of the molecule is C=O.C=O.CC.CCCNc1nc(Nc2csc(C)c2)ncc1Br.CNCCc1ccc(Cl)cc1. The Morgan fingerprint density at radius 2 is 1.71 bits per heavy atom. The van der Waals surface area contributed by atoms with Crippen LogP contribution in [-0.4, -0.2) is 43.7 Å². The summed E-state index contributed by atoms with van der Waals surface area (Å²) in [5.41, 5.74) is 2.35. The lowest BCUT2D eigenvalue weighted by molar-refractivity contribution is -0.0987. The summed E-state index contributed by atoms with van der Waals surface area (Å²) in [7, 11) is 1.95. The zero-order valence-electron chi connectivity index (χ0n) is 21.2. The van der Waals surface area contributed by atoms with Crippen LogP contribution < -0.4 is 16.0 Å². The van der Waals surface area contributed by atoms with Crippen molar-refractivity contribution in [1.29, 1.82) is 0 Å². The van der Waals surface area contributed by atoms with Crippen molar-refractivity contribution in [3.05, 3.63) is 61.8 Å². The van der Waals surface area contributed by atoms with Crippen LogP contribution in [-0.2, 0) is 16.0 Å². The minimum atomic E-state index is 0.606. The third-order valence-corrected chi connectivity index (χ3v) is 5.54. The molecule has 0 aliphatic rings. The van der Waals surface area contributed by atoms with Gasteiger partial charge in [0.25, 0.3) is 0 Å². The van der Waals surface area contributed by atoms with Crippen LogP contribution in [0, 0.1) is 6.92 Å². The van der Waals surface area contributed by atoms with E-state index in [1.165, 1.54) is 10.4 Å². The normalized spacial score (nSPS) is 8.89. The fourth-order valence-electron chi connectivity index (χ4n) is 2.35. The summed E-state index contributed by atoms with van der Waals surface area (Å²) in [6, 6.07) is 10.0. The minimum absolute atomic E-state index is 0.606. The third-order valence-electron chi connectivity index (χ3n) is 3.85. The number of hydrogen-bond acceptors (Lipinski definition) is 8. The first kappa shape index (κ1) is 34.8. The van der Waals surface area contributed by atoms with E-state index in [0.717, 1.165) is 46.9 Å². The zero-order chi connectivity index (χ0) is 27.1. The van der Waals surface area contributed by atoms with Gasteiger partial charge in [0.15, 0.2) is 0 Å². The Hall–Kier alpha value is -2.33. The van der Waals surface area contributed by atoms with Gasteiger partial charge in [-0.15, -0.1) is 11.3 Å². The molecule has 0 saturated heterocycles. The van der Waals surface area contributed by atoms with Crippen LogP contribution in [0.25, 0.3) is 0 Å². The number of nitrogens with one attached hydrogen (secondary N) is 3. The lowest BCUT2D eigenvalue weighted by Crippen LogP contribution is -2.09. The molecule has 0 amide bonds. The van der Waals surface area contributed by atoms with Crippen LogP contribution in [0.2, 0.25) is 5.02 Å². The Balaban J connectivity index is 0. The Kier molecular flexibility index (Phi) is 23.3. The van der Waals surface area contributed by atoms with Gasteiger partial charge in [-0.2, -0.15) is 4.98 Å². The molecule has 0 saturated carbocycles. The Morgan fingerprint density at radius 1 is 1.09 bits per heavy atom. The maximum atomic E-state index is 8.00. The number of anilines is 3. The van der Waals surface area contributed by atoms with Gasteiger partial charge in [-0.3, -0.25) is 0 Å². The van der Waals surface area contributed by atoms with E-state index in [-0.39, 0.29) is 0 Å². The lowest BCUT2D eigenvalue weighted by atomic mass is 10.1. The number of carbonyl (C=O) groups is 2.